The van der Waals surface area contributed by atoms with Crippen molar-refractivity contribution < 1.29 is 9.53 Å². The van der Waals surface area contributed by atoms with Crippen LogP contribution in [0.3, 0.4) is 0 Å². The average Bonchev–Trinajstić information content (AvgIpc) is 2.80. The van der Waals surface area contributed by atoms with Crippen molar-refractivity contribution in [3.8, 4) is 0 Å². The SMILES string of the molecule is O=C(CCC1CCCO1)NC1CCCCCC1Br. The number of ether oxygens (including phenoxy) is 1. The van der Waals surface area contributed by atoms with Crippen LogP contribution in [0.5, 0.6) is 0 Å². The number of halogens is 1. The van der Waals surface area contributed by atoms with Gasteiger partial charge in [-0.15, -0.1) is 0 Å². The second-order valence-corrected chi connectivity index (χ2v) is 6.68. The van der Waals surface area contributed by atoms with Gasteiger partial charge in [-0.2, -0.15) is 0 Å². The average molecular weight is 318 g/mol. The number of rotatable bonds is 4. The van der Waals surface area contributed by atoms with Crippen molar-refractivity contribution in [1.82, 2.24) is 5.32 Å². The lowest BCUT2D eigenvalue weighted by Crippen LogP contribution is -2.40. The smallest absolute Gasteiger partial charge is 0.220 e. The fourth-order valence-corrected chi connectivity index (χ4v) is 3.59. The van der Waals surface area contributed by atoms with Crippen LogP contribution in [0.2, 0.25) is 0 Å². The van der Waals surface area contributed by atoms with E-state index in [1.165, 1.54) is 25.7 Å². The van der Waals surface area contributed by atoms with Crippen LogP contribution in [0, 0.1) is 0 Å². The van der Waals surface area contributed by atoms with E-state index in [1.807, 2.05) is 0 Å². The highest BCUT2D eigenvalue weighted by molar-refractivity contribution is 9.09. The van der Waals surface area contributed by atoms with E-state index in [4.69, 9.17) is 4.74 Å². The van der Waals surface area contributed by atoms with E-state index in [9.17, 15) is 4.79 Å². The van der Waals surface area contributed by atoms with Crippen molar-refractivity contribution in [2.45, 2.75) is 74.8 Å². The topological polar surface area (TPSA) is 38.3 Å². The third-order valence-corrected chi connectivity index (χ3v) is 5.09. The van der Waals surface area contributed by atoms with Gasteiger partial charge in [0.2, 0.25) is 5.91 Å². The lowest BCUT2D eigenvalue weighted by atomic mass is 10.1. The molecule has 18 heavy (non-hydrogen) atoms. The maximum absolute atomic E-state index is 11.9. The molecule has 0 aromatic heterocycles. The molecule has 1 amide bonds. The summed E-state index contributed by atoms with van der Waals surface area (Å²) in [6.07, 6.45) is 10.2. The minimum Gasteiger partial charge on any atom is -0.378 e. The maximum Gasteiger partial charge on any atom is 0.220 e. The number of hydrogen-bond acceptors (Lipinski definition) is 2. The number of alkyl halides is 1. The lowest BCUT2D eigenvalue weighted by molar-refractivity contribution is -0.122. The molecular formula is C14H24BrNO2. The zero-order chi connectivity index (χ0) is 12.8. The van der Waals surface area contributed by atoms with Gasteiger partial charge in [0.05, 0.1) is 6.10 Å². The number of nitrogens with one attached hydrogen (secondary N) is 1. The first-order valence-corrected chi connectivity index (χ1v) is 8.22. The van der Waals surface area contributed by atoms with Crippen LogP contribution in [0.4, 0.5) is 0 Å². The molecule has 3 nitrogen and oxygen atoms in total. The Morgan fingerprint density at radius 2 is 2.00 bits per heavy atom. The fraction of sp³-hybridized carbons (Fsp3) is 0.929. The van der Waals surface area contributed by atoms with Crippen LogP contribution < -0.4 is 5.32 Å². The van der Waals surface area contributed by atoms with Gasteiger partial charge in [-0.05, 0) is 32.1 Å². The molecule has 3 unspecified atom stereocenters. The summed E-state index contributed by atoms with van der Waals surface area (Å²) in [5.41, 5.74) is 0. The summed E-state index contributed by atoms with van der Waals surface area (Å²) < 4.78 is 5.55. The van der Waals surface area contributed by atoms with Crippen LogP contribution >= 0.6 is 15.9 Å². The van der Waals surface area contributed by atoms with E-state index >= 15 is 0 Å². The zero-order valence-corrected chi connectivity index (χ0v) is 12.6. The summed E-state index contributed by atoms with van der Waals surface area (Å²) in [5, 5.41) is 3.19. The minimum absolute atomic E-state index is 0.196. The third kappa shape index (κ3) is 4.54. The number of amides is 1. The quantitative estimate of drug-likeness (QED) is 0.639. The normalized spacial score (nSPS) is 33.1. The molecule has 1 aliphatic carbocycles. The van der Waals surface area contributed by atoms with Crippen molar-refractivity contribution in [1.29, 1.82) is 0 Å². The van der Waals surface area contributed by atoms with Gasteiger partial charge in [0.15, 0.2) is 0 Å². The highest BCUT2D eigenvalue weighted by atomic mass is 79.9. The Morgan fingerprint density at radius 1 is 1.17 bits per heavy atom. The van der Waals surface area contributed by atoms with Crippen molar-refractivity contribution in [3.63, 3.8) is 0 Å². The van der Waals surface area contributed by atoms with Crippen LogP contribution in [0.1, 0.15) is 57.8 Å². The van der Waals surface area contributed by atoms with Crippen molar-refractivity contribution >= 4 is 21.8 Å². The predicted molar refractivity (Wildman–Crippen MR) is 75.9 cm³/mol. The van der Waals surface area contributed by atoms with Gasteiger partial charge in [0.1, 0.15) is 0 Å². The summed E-state index contributed by atoms with van der Waals surface area (Å²) in [6.45, 7) is 0.873. The predicted octanol–water partition coefficient (Wildman–Crippen LogP) is 3.16. The highest BCUT2D eigenvalue weighted by Gasteiger charge is 2.23. The van der Waals surface area contributed by atoms with Gasteiger partial charge >= 0.3 is 0 Å². The van der Waals surface area contributed by atoms with E-state index in [0.29, 0.717) is 23.4 Å². The molecule has 1 heterocycles. The summed E-state index contributed by atoms with van der Waals surface area (Å²) in [4.78, 5) is 12.4. The Bertz CT molecular complexity index is 267. The standard InChI is InChI=1S/C14H24BrNO2/c15-12-6-2-1-3-7-13(12)16-14(17)9-8-11-5-4-10-18-11/h11-13H,1-10H2,(H,16,17). The van der Waals surface area contributed by atoms with Crippen LogP contribution in [-0.4, -0.2) is 29.5 Å². The molecule has 2 aliphatic rings. The molecule has 2 fully saturated rings. The molecule has 0 aromatic rings. The molecule has 4 heteroatoms. The summed E-state index contributed by atoms with van der Waals surface area (Å²) >= 11 is 3.71. The van der Waals surface area contributed by atoms with Gasteiger partial charge in [-0.1, -0.05) is 35.2 Å². The molecule has 0 bridgehead atoms. The molecule has 0 spiro atoms. The Labute approximate surface area is 118 Å². The van der Waals surface area contributed by atoms with Crippen LogP contribution in [-0.2, 0) is 9.53 Å². The first-order chi connectivity index (χ1) is 8.75. The van der Waals surface area contributed by atoms with Gasteiger partial charge in [-0.3, -0.25) is 4.79 Å². The van der Waals surface area contributed by atoms with Crippen molar-refractivity contribution in [2.24, 2.45) is 0 Å². The first-order valence-electron chi connectivity index (χ1n) is 7.31. The van der Waals surface area contributed by atoms with E-state index in [2.05, 4.69) is 21.2 Å². The van der Waals surface area contributed by atoms with E-state index in [1.54, 1.807) is 0 Å². The molecule has 1 aliphatic heterocycles. The number of hydrogen-bond donors (Lipinski definition) is 1. The Hall–Kier alpha value is -0.0900. The summed E-state index contributed by atoms with van der Waals surface area (Å²) in [7, 11) is 0. The van der Waals surface area contributed by atoms with E-state index in [-0.39, 0.29) is 5.91 Å². The second kappa shape index (κ2) is 7.49. The summed E-state index contributed by atoms with van der Waals surface area (Å²) in [6, 6.07) is 0.324. The molecule has 1 saturated heterocycles. The molecule has 3 atom stereocenters. The zero-order valence-electron chi connectivity index (χ0n) is 11.0. The Balaban J connectivity index is 1.68. The number of carbonyl (C=O) groups excluding carboxylic acids is 1. The maximum atomic E-state index is 11.9. The molecule has 1 saturated carbocycles. The van der Waals surface area contributed by atoms with Crippen LogP contribution in [0.15, 0.2) is 0 Å². The van der Waals surface area contributed by atoms with E-state index in [0.717, 1.165) is 32.3 Å². The monoisotopic (exact) mass is 317 g/mol. The van der Waals surface area contributed by atoms with Crippen LogP contribution in [0.25, 0.3) is 0 Å². The Morgan fingerprint density at radius 3 is 2.78 bits per heavy atom. The molecule has 0 radical (unpaired) electrons. The Kier molecular flexibility index (Phi) is 5.96. The fourth-order valence-electron chi connectivity index (χ4n) is 2.87. The number of carbonyl (C=O) groups is 1. The largest absolute Gasteiger partial charge is 0.378 e. The summed E-state index contributed by atoms with van der Waals surface area (Å²) in [5.74, 6) is 0.196. The van der Waals surface area contributed by atoms with Gasteiger partial charge < -0.3 is 10.1 Å². The van der Waals surface area contributed by atoms with Crippen molar-refractivity contribution in [3.05, 3.63) is 0 Å². The van der Waals surface area contributed by atoms with Crippen molar-refractivity contribution in [2.75, 3.05) is 6.61 Å². The van der Waals surface area contributed by atoms with Gasteiger partial charge in [0.25, 0.3) is 0 Å². The molecule has 2 rings (SSSR count). The molecule has 104 valence electrons. The van der Waals surface area contributed by atoms with E-state index < -0.39 is 0 Å². The van der Waals surface area contributed by atoms with Gasteiger partial charge in [-0.25, -0.2) is 0 Å². The third-order valence-electron chi connectivity index (χ3n) is 4.00. The second-order valence-electron chi connectivity index (χ2n) is 5.50. The molecule has 0 aromatic carbocycles. The van der Waals surface area contributed by atoms with Gasteiger partial charge in [0, 0.05) is 23.9 Å². The highest BCUT2D eigenvalue weighted by Crippen LogP contribution is 2.24. The first kappa shape index (κ1) is 14.3. The lowest BCUT2D eigenvalue weighted by Gasteiger charge is -2.21. The molecule has 1 N–H and O–H groups in total. The molecular weight excluding hydrogens is 294 g/mol. The minimum atomic E-state index is 0.196.